The van der Waals surface area contributed by atoms with Gasteiger partial charge in [0.05, 0.1) is 5.69 Å². The zero-order chi connectivity index (χ0) is 26.0. The van der Waals surface area contributed by atoms with E-state index < -0.39 is 0 Å². The molecule has 1 aliphatic heterocycles. The van der Waals surface area contributed by atoms with Crippen LogP contribution >= 0.6 is 0 Å². The summed E-state index contributed by atoms with van der Waals surface area (Å²) >= 11 is 0. The van der Waals surface area contributed by atoms with Gasteiger partial charge in [-0.15, -0.1) is 0 Å². The van der Waals surface area contributed by atoms with E-state index in [9.17, 15) is 0 Å². The Morgan fingerprint density at radius 1 is 0.658 bits per heavy atom. The Kier molecular flexibility index (Phi) is 8.37. The first-order valence-corrected chi connectivity index (χ1v) is 13.2. The normalized spacial score (nSPS) is 13.6. The van der Waals surface area contributed by atoms with Crippen LogP contribution in [0.4, 0.5) is 5.69 Å². The van der Waals surface area contributed by atoms with Crippen LogP contribution in [0.1, 0.15) is 34.2 Å². The molecule has 3 nitrogen and oxygen atoms in total. The number of aryl methyl sites for hydroxylation is 2. The highest BCUT2D eigenvalue weighted by Gasteiger charge is 2.07. The Morgan fingerprint density at radius 3 is 2.08 bits per heavy atom. The van der Waals surface area contributed by atoms with Crippen molar-refractivity contribution in [2.45, 2.75) is 32.1 Å². The van der Waals surface area contributed by atoms with Crippen molar-refractivity contribution in [3.8, 4) is 0 Å². The second-order valence-electron chi connectivity index (χ2n) is 9.45. The first-order chi connectivity index (χ1) is 18.8. The highest BCUT2D eigenvalue weighted by Crippen LogP contribution is 2.23. The standard InChI is InChI=1S/C11H10.C9H10.C8H7N.C7H5NO/c1-9-6-7-10-4-2-3-5-11(10)8-9;1-2-5-9-7-3-6-8(9)4-1;1-2-4-8-7(3-1)5-6-9-8;1-2-4-7-6(3-1)8-5-9-7/h2-7H,1,8H2;1-2,4-5H,3,6-7H2;1-4,6H,5H2;1-5H. The summed E-state index contributed by atoms with van der Waals surface area (Å²) in [5.74, 6) is 0. The van der Waals surface area contributed by atoms with Crippen molar-refractivity contribution in [2.75, 3.05) is 0 Å². The highest BCUT2D eigenvalue weighted by molar-refractivity contribution is 5.75. The van der Waals surface area contributed by atoms with Gasteiger partial charge in [0.15, 0.2) is 12.0 Å². The van der Waals surface area contributed by atoms with Gasteiger partial charge in [0.2, 0.25) is 0 Å². The van der Waals surface area contributed by atoms with E-state index >= 15 is 0 Å². The molecule has 0 radical (unpaired) electrons. The minimum atomic E-state index is 0.845. The number of fused-ring (bicyclic) bond motifs is 4. The third kappa shape index (κ3) is 6.63. The second kappa shape index (κ2) is 12.6. The van der Waals surface area contributed by atoms with Crippen LogP contribution in [-0.4, -0.2) is 11.2 Å². The SMILES string of the molecule is C1=Nc2ccccc2C1.C=C1C=Cc2ccccc2C1.c1ccc2c(c1)CCC2.c1ccc2ocnc2c1. The molecular weight excluding hydrogens is 464 g/mol. The monoisotopic (exact) mass is 496 g/mol. The van der Waals surface area contributed by atoms with Gasteiger partial charge in [-0.25, -0.2) is 4.98 Å². The van der Waals surface area contributed by atoms with Crippen LogP contribution < -0.4 is 0 Å². The Hall–Kier alpha value is -4.50. The molecular formula is C35H32N2O. The molecule has 2 heterocycles. The van der Waals surface area contributed by atoms with Crippen LogP contribution in [0.15, 0.2) is 131 Å². The van der Waals surface area contributed by atoms with Gasteiger partial charge in [-0.3, -0.25) is 4.99 Å². The van der Waals surface area contributed by atoms with E-state index in [0.29, 0.717) is 0 Å². The number of allylic oxidation sites excluding steroid dienone is 2. The smallest absolute Gasteiger partial charge is 0.181 e. The van der Waals surface area contributed by atoms with E-state index in [4.69, 9.17) is 4.42 Å². The minimum absolute atomic E-state index is 0.845. The zero-order valence-electron chi connectivity index (χ0n) is 21.6. The topological polar surface area (TPSA) is 38.4 Å². The number of aliphatic imine (C=N–C) groups is 1. The lowest BCUT2D eigenvalue weighted by atomic mass is 9.95. The number of benzene rings is 4. The van der Waals surface area contributed by atoms with Crippen LogP contribution in [0.2, 0.25) is 0 Å². The average Bonchev–Trinajstić information content (AvgIpc) is 3.74. The molecule has 3 heteroatoms. The van der Waals surface area contributed by atoms with Gasteiger partial charge in [0.25, 0.3) is 0 Å². The van der Waals surface area contributed by atoms with Crippen LogP contribution in [0, 0.1) is 0 Å². The molecule has 0 bridgehead atoms. The molecule has 188 valence electrons. The van der Waals surface area contributed by atoms with Crippen molar-refractivity contribution < 1.29 is 4.42 Å². The summed E-state index contributed by atoms with van der Waals surface area (Å²) < 4.78 is 5.01. The number of nitrogens with zero attached hydrogens (tertiary/aromatic N) is 2. The van der Waals surface area contributed by atoms with Crippen LogP contribution in [0.3, 0.4) is 0 Å². The molecule has 2 aliphatic carbocycles. The fourth-order valence-electron chi connectivity index (χ4n) is 4.74. The lowest BCUT2D eigenvalue weighted by Gasteiger charge is -2.10. The molecule has 0 saturated carbocycles. The third-order valence-electron chi connectivity index (χ3n) is 6.75. The van der Waals surface area contributed by atoms with Crippen molar-refractivity contribution in [3.63, 3.8) is 0 Å². The van der Waals surface area contributed by atoms with Crippen LogP contribution in [0.5, 0.6) is 0 Å². The van der Waals surface area contributed by atoms with Gasteiger partial charge in [-0.05, 0) is 71.7 Å². The quantitative estimate of drug-likeness (QED) is 0.215. The fourth-order valence-corrected chi connectivity index (χ4v) is 4.74. The van der Waals surface area contributed by atoms with E-state index in [1.54, 1.807) is 11.1 Å². The number of hydrogen-bond donors (Lipinski definition) is 0. The first kappa shape index (κ1) is 25.2. The van der Waals surface area contributed by atoms with Crippen LogP contribution in [0.25, 0.3) is 17.2 Å². The number of aromatic nitrogens is 1. The highest BCUT2D eigenvalue weighted by atomic mass is 16.3. The molecule has 0 unspecified atom stereocenters. The van der Waals surface area contributed by atoms with E-state index in [2.05, 4.69) is 83.3 Å². The minimum Gasteiger partial charge on any atom is -0.443 e. The third-order valence-corrected chi connectivity index (χ3v) is 6.75. The summed E-state index contributed by atoms with van der Waals surface area (Å²) in [6, 6.07) is 33.1. The molecule has 0 atom stereocenters. The molecule has 1 aromatic heterocycles. The number of para-hydroxylation sites is 3. The second-order valence-corrected chi connectivity index (χ2v) is 9.45. The zero-order valence-corrected chi connectivity index (χ0v) is 21.6. The molecule has 0 spiro atoms. The number of oxazole rings is 1. The van der Waals surface area contributed by atoms with Crippen molar-refractivity contribution in [1.29, 1.82) is 0 Å². The number of rotatable bonds is 0. The predicted molar refractivity (Wildman–Crippen MR) is 159 cm³/mol. The summed E-state index contributed by atoms with van der Waals surface area (Å²) in [5, 5.41) is 0. The van der Waals surface area contributed by atoms with E-state index in [1.165, 1.54) is 47.9 Å². The molecule has 5 aromatic rings. The number of hydrogen-bond acceptors (Lipinski definition) is 3. The maximum Gasteiger partial charge on any atom is 0.181 e. The molecule has 3 aliphatic rings. The fraction of sp³-hybridized carbons (Fsp3) is 0.143. The lowest BCUT2D eigenvalue weighted by molar-refractivity contribution is 0.602. The molecule has 0 N–H and O–H groups in total. The van der Waals surface area contributed by atoms with Gasteiger partial charge in [-0.2, -0.15) is 0 Å². The Balaban J connectivity index is 0.000000104. The van der Waals surface area contributed by atoms with E-state index in [1.807, 2.05) is 48.7 Å². The maximum atomic E-state index is 5.01. The Bertz CT molecular complexity index is 1510. The van der Waals surface area contributed by atoms with Gasteiger partial charge in [-0.1, -0.05) is 103 Å². The molecule has 0 amide bonds. The van der Waals surface area contributed by atoms with Gasteiger partial charge >= 0.3 is 0 Å². The summed E-state index contributed by atoms with van der Waals surface area (Å²) in [5.41, 5.74) is 11.3. The van der Waals surface area contributed by atoms with Crippen molar-refractivity contribution in [3.05, 3.63) is 150 Å². The van der Waals surface area contributed by atoms with Gasteiger partial charge < -0.3 is 4.42 Å². The molecule has 8 rings (SSSR count). The van der Waals surface area contributed by atoms with Crippen molar-refractivity contribution in [1.82, 2.24) is 4.98 Å². The summed E-state index contributed by atoms with van der Waals surface area (Å²) in [4.78, 5) is 8.13. The maximum absolute atomic E-state index is 5.01. The van der Waals surface area contributed by atoms with Gasteiger partial charge in [0.1, 0.15) is 5.52 Å². The first-order valence-electron chi connectivity index (χ1n) is 13.2. The summed E-state index contributed by atoms with van der Waals surface area (Å²) in [6.07, 6.45) is 13.6. The molecule has 0 fully saturated rings. The summed E-state index contributed by atoms with van der Waals surface area (Å²) in [7, 11) is 0. The van der Waals surface area contributed by atoms with Crippen LogP contribution in [-0.2, 0) is 25.7 Å². The molecule has 38 heavy (non-hydrogen) atoms. The van der Waals surface area contributed by atoms with Crippen molar-refractivity contribution >= 4 is 29.1 Å². The van der Waals surface area contributed by atoms with E-state index in [-0.39, 0.29) is 0 Å². The lowest BCUT2D eigenvalue weighted by Crippen LogP contribution is -1.94. The summed E-state index contributed by atoms with van der Waals surface area (Å²) in [6.45, 7) is 3.93. The van der Waals surface area contributed by atoms with Gasteiger partial charge in [0, 0.05) is 12.6 Å². The van der Waals surface area contributed by atoms with E-state index in [0.717, 1.165) is 29.6 Å². The Morgan fingerprint density at radius 2 is 1.32 bits per heavy atom. The largest absolute Gasteiger partial charge is 0.443 e. The Labute approximate surface area is 224 Å². The molecule has 0 saturated heterocycles. The average molecular weight is 497 g/mol. The molecule has 4 aromatic carbocycles. The predicted octanol–water partition coefficient (Wildman–Crippen LogP) is 8.76. The van der Waals surface area contributed by atoms with Crippen molar-refractivity contribution in [2.24, 2.45) is 4.99 Å².